The first-order valence-corrected chi connectivity index (χ1v) is 4.73. The quantitative estimate of drug-likeness (QED) is 0.513. The highest BCUT2D eigenvalue weighted by atomic mass is 16.4. The molecule has 3 N–H and O–H groups in total. The summed E-state index contributed by atoms with van der Waals surface area (Å²) in [5.41, 5.74) is 0.924. The lowest BCUT2D eigenvalue weighted by atomic mass is 10.1. The number of imide groups is 1. The van der Waals surface area contributed by atoms with Crippen LogP contribution in [0.3, 0.4) is 0 Å². The van der Waals surface area contributed by atoms with Crippen molar-refractivity contribution < 1.29 is 19.5 Å². The normalized spacial score (nSPS) is 16.8. The summed E-state index contributed by atoms with van der Waals surface area (Å²) in [5, 5.41) is 13.1. The van der Waals surface area contributed by atoms with Crippen LogP contribution >= 0.6 is 0 Å². The second-order valence-electron chi connectivity index (χ2n) is 3.39. The third-order valence-electron chi connectivity index (χ3n) is 2.19. The molecule has 0 bridgehead atoms. The molecule has 1 aromatic rings. The zero-order valence-electron chi connectivity index (χ0n) is 8.56. The van der Waals surface area contributed by atoms with Crippen molar-refractivity contribution in [3.63, 3.8) is 0 Å². The minimum atomic E-state index is -1.02. The summed E-state index contributed by atoms with van der Waals surface area (Å²) in [6, 6.07) is 5.37. The summed E-state index contributed by atoms with van der Waals surface area (Å²) in [7, 11) is 0. The topological polar surface area (TPSA) is 95.5 Å². The fourth-order valence-corrected chi connectivity index (χ4v) is 1.37. The van der Waals surface area contributed by atoms with Crippen molar-refractivity contribution in [1.82, 2.24) is 10.6 Å². The third-order valence-corrected chi connectivity index (χ3v) is 2.19. The maximum absolute atomic E-state index is 11.2. The molecule has 0 aliphatic carbocycles. The molecule has 1 aromatic carbocycles. The molecule has 3 amide bonds. The number of urea groups is 1. The molecule has 86 valence electrons. The van der Waals surface area contributed by atoms with Crippen molar-refractivity contribution in [2.24, 2.45) is 0 Å². The highest BCUT2D eigenvalue weighted by Crippen LogP contribution is 2.10. The Bertz CT molecular complexity index is 531. The predicted molar refractivity (Wildman–Crippen MR) is 58.1 cm³/mol. The smallest absolute Gasteiger partial charge is 0.335 e. The van der Waals surface area contributed by atoms with Gasteiger partial charge in [0.1, 0.15) is 5.70 Å². The molecule has 0 aromatic heterocycles. The van der Waals surface area contributed by atoms with Crippen LogP contribution in [-0.2, 0) is 4.79 Å². The lowest BCUT2D eigenvalue weighted by molar-refractivity contribution is -0.115. The van der Waals surface area contributed by atoms with E-state index in [1.807, 2.05) is 0 Å². The van der Waals surface area contributed by atoms with E-state index in [1.54, 1.807) is 12.1 Å². The summed E-state index contributed by atoms with van der Waals surface area (Å²) in [5.74, 6) is -1.52. The molecule has 6 nitrogen and oxygen atoms in total. The van der Waals surface area contributed by atoms with Crippen molar-refractivity contribution in [2.75, 3.05) is 0 Å². The molecule has 17 heavy (non-hydrogen) atoms. The van der Waals surface area contributed by atoms with E-state index < -0.39 is 17.9 Å². The number of aromatic carboxylic acids is 1. The molecule has 0 saturated carbocycles. The van der Waals surface area contributed by atoms with Gasteiger partial charge >= 0.3 is 12.0 Å². The van der Waals surface area contributed by atoms with Crippen molar-refractivity contribution in [3.8, 4) is 0 Å². The van der Waals surface area contributed by atoms with E-state index in [0.29, 0.717) is 5.56 Å². The number of carbonyl (C=O) groups is 3. The first kappa shape index (κ1) is 10.9. The molecule has 1 heterocycles. The Labute approximate surface area is 95.9 Å². The van der Waals surface area contributed by atoms with Gasteiger partial charge in [-0.2, -0.15) is 0 Å². The van der Waals surface area contributed by atoms with Crippen molar-refractivity contribution >= 4 is 24.0 Å². The van der Waals surface area contributed by atoms with E-state index in [0.717, 1.165) is 0 Å². The van der Waals surface area contributed by atoms with Gasteiger partial charge in [-0.1, -0.05) is 12.1 Å². The van der Waals surface area contributed by atoms with Gasteiger partial charge in [-0.05, 0) is 23.8 Å². The first-order chi connectivity index (χ1) is 8.06. The summed E-state index contributed by atoms with van der Waals surface area (Å²) in [4.78, 5) is 32.7. The van der Waals surface area contributed by atoms with Gasteiger partial charge in [0, 0.05) is 0 Å². The van der Waals surface area contributed by atoms with E-state index in [2.05, 4.69) is 10.6 Å². The fraction of sp³-hybridized carbons (Fsp3) is 0. The number of amides is 3. The molecule has 1 aliphatic rings. The summed E-state index contributed by atoms with van der Waals surface area (Å²) < 4.78 is 0. The Morgan fingerprint density at radius 1 is 1.12 bits per heavy atom. The van der Waals surface area contributed by atoms with Gasteiger partial charge in [0.2, 0.25) is 0 Å². The second kappa shape index (κ2) is 4.09. The SMILES string of the molecule is O=C1NC(=O)/C(=C/c2ccc(C(=O)O)cc2)N1. The molecular weight excluding hydrogens is 224 g/mol. The molecule has 0 atom stereocenters. The highest BCUT2D eigenvalue weighted by molar-refractivity contribution is 6.14. The van der Waals surface area contributed by atoms with Crippen LogP contribution in [0.4, 0.5) is 4.79 Å². The van der Waals surface area contributed by atoms with Crippen LogP contribution in [0, 0.1) is 0 Å². The maximum atomic E-state index is 11.2. The van der Waals surface area contributed by atoms with Crippen molar-refractivity contribution in [3.05, 3.63) is 41.1 Å². The molecule has 1 saturated heterocycles. The van der Waals surface area contributed by atoms with Crippen LogP contribution in [0.15, 0.2) is 30.0 Å². The van der Waals surface area contributed by atoms with E-state index in [1.165, 1.54) is 18.2 Å². The number of benzene rings is 1. The molecular formula is C11H8N2O4. The number of carbonyl (C=O) groups excluding carboxylic acids is 2. The average molecular weight is 232 g/mol. The molecule has 1 fully saturated rings. The summed E-state index contributed by atoms with van der Waals surface area (Å²) in [6.07, 6.45) is 1.46. The number of hydrogen-bond donors (Lipinski definition) is 3. The van der Waals surface area contributed by atoms with Gasteiger partial charge in [-0.15, -0.1) is 0 Å². The standard InChI is InChI=1S/C11H8N2O4/c14-9-8(12-11(17)13-9)5-6-1-3-7(4-2-6)10(15)16/h1-5H,(H,15,16)(H2,12,13,14,17)/b8-5-. The molecule has 0 spiro atoms. The Balaban J connectivity index is 2.24. The minimum absolute atomic E-state index is 0.137. The molecule has 6 heteroatoms. The van der Waals surface area contributed by atoms with Crippen LogP contribution in [0.2, 0.25) is 0 Å². The number of rotatable bonds is 2. The van der Waals surface area contributed by atoms with E-state index in [4.69, 9.17) is 5.11 Å². The Hall–Kier alpha value is -2.63. The van der Waals surface area contributed by atoms with Gasteiger partial charge in [-0.3, -0.25) is 10.1 Å². The maximum Gasteiger partial charge on any atom is 0.335 e. The van der Waals surface area contributed by atoms with Crippen LogP contribution in [0.5, 0.6) is 0 Å². The number of carboxylic acids is 1. The van der Waals surface area contributed by atoms with Crippen LogP contribution in [-0.4, -0.2) is 23.0 Å². The largest absolute Gasteiger partial charge is 0.478 e. The monoisotopic (exact) mass is 232 g/mol. The van der Waals surface area contributed by atoms with Gasteiger partial charge < -0.3 is 10.4 Å². The van der Waals surface area contributed by atoms with E-state index >= 15 is 0 Å². The Kier molecular flexibility index (Phi) is 2.61. The number of nitrogens with one attached hydrogen (secondary N) is 2. The summed E-state index contributed by atoms with van der Waals surface area (Å²) in [6.45, 7) is 0. The highest BCUT2D eigenvalue weighted by Gasteiger charge is 2.22. The van der Waals surface area contributed by atoms with E-state index in [9.17, 15) is 14.4 Å². The molecule has 0 unspecified atom stereocenters. The van der Waals surface area contributed by atoms with Gasteiger partial charge in [0.15, 0.2) is 0 Å². The lowest BCUT2D eigenvalue weighted by Gasteiger charge is -1.97. The fourth-order valence-electron chi connectivity index (χ4n) is 1.37. The first-order valence-electron chi connectivity index (χ1n) is 4.73. The average Bonchev–Trinajstić information content (AvgIpc) is 2.58. The number of hydrogen-bond acceptors (Lipinski definition) is 3. The van der Waals surface area contributed by atoms with Crippen molar-refractivity contribution in [2.45, 2.75) is 0 Å². The van der Waals surface area contributed by atoms with Crippen LogP contribution in [0.1, 0.15) is 15.9 Å². The molecule has 0 radical (unpaired) electrons. The van der Waals surface area contributed by atoms with E-state index in [-0.39, 0.29) is 11.3 Å². The summed E-state index contributed by atoms with van der Waals surface area (Å²) >= 11 is 0. The zero-order valence-corrected chi connectivity index (χ0v) is 8.56. The molecule has 1 aliphatic heterocycles. The van der Waals surface area contributed by atoms with Gasteiger partial charge in [0.05, 0.1) is 5.56 Å². The van der Waals surface area contributed by atoms with Crippen LogP contribution in [0.25, 0.3) is 6.08 Å². The number of carboxylic acid groups (broad SMARTS) is 1. The van der Waals surface area contributed by atoms with Crippen LogP contribution < -0.4 is 10.6 Å². The predicted octanol–water partition coefficient (Wildman–Crippen LogP) is 0.565. The minimum Gasteiger partial charge on any atom is -0.478 e. The third kappa shape index (κ3) is 2.31. The lowest BCUT2D eigenvalue weighted by Crippen LogP contribution is -2.22. The second-order valence-corrected chi connectivity index (χ2v) is 3.39. The Morgan fingerprint density at radius 3 is 2.24 bits per heavy atom. The van der Waals surface area contributed by atoms with Gasteiger partial charge in [-0.25, -0.2) is 9.59 Å². The Morgan fingerprint density at radius 2 is 1.76 bits per heavy atom. The molecule has 2 rings (SSSR count). The van der Waals surface area contributed by atoms with Crippen molar-refractivity contribution in [1.29, 1.82) is 0 Å². The zero-order chi connectivity index (χ0) is 12.4. The van der Waals surface area contributed by atoms with Gasteiger partial charge in [0.25, 0.3) is 5.91 Å².